The predicted molar refractivity (Wildman–Crippen MR) is 91.6 cm³/mol. The Morgan fingerprint density at radius 2 is 1.75 bits per heavy atom. The van der Waals surface area contributed by atoms with Gasteiger partial charge in [0.2, 0.25) is 0 Å². The van der Waals surface area contributed by atoms with E-state index in [4.69, 9.17) is 0 Å². The molecule has 0 saturated carbocycles. The van der Waals surface area contributed by atoms with E-state index < -0.39 is 0 Å². The van der Waals surface area contributed by atoms with Crippen LogP contribution in [0.15, 0.2) is 60.8 Å². The molecule has 0 atom stereocenters. The van der Waals surface area contributed by atoms with Crippen LogP contribution in [0.4, 0.5) is 4.39 Å². The molecule has 3 rings (SSSR count). The molecule has 2 aromatic carbocycles. The Bertz CT molecular complexity index is 839. The van der Waals surface area contributed by atoms with Crippen LogP contribution in [-0.4, -0.2) is 21.7 Å². The fraction of sp³-hybridized carbons (Fsp3) is 0.158. The maximum absolute atomic E-state index is 13.2. The lowest BCUT2D eigenvalue weighted by Crippen LogP contribution is -2.30. The van der Waals surface area contributed by atoms with Crippen LogP contribution in [0.2, 0.25) is 0 Å². The van der Waals surface area contributed by atoms with Crippen LogP contribution in [-0.2, 0) is 0 Å². The number of nitrogens with zero attached hydrogens (tertiary/aromatic N) is 2. The van der Waals surface area contributed by atoms with Crippen molar-refractivity contribution in [2.45, 2.75) is 19.9 Å². The Labute approximate surface area is 139 Å². The molecule has 0 saturated heterocycles. The summed E-state index contributed by atoms with van der Waals surface area (Å²) in [6, 6.07) is 15.6. The van der Waals surface area contributed by atoms with E-state index in [0.717, 1.165) is 5.56 Å². The molecule has 4 nitrogen and oxygen atoms in total. The van der Waals surface area contributed by atoms with Crippen molar-refractivity contribution >= 4 is 5.91 Å². The van der Waals surface area contributed by atoms with E-state index in [1.54, 1.807) is 23.0 Å². The van der Waals surface area contributed by atoms with Gasteiger partial charge in [-0.25, -0.2) is 9.07 Å². The van der Waals surface area contributed by atoms with Crippen molar-refractivity contribution in [3.05, 3.63) is 72.2 Å². The van der Waals surface area contributed by atoms with Gasteiger partial charge in [-0.05, 0) is 38.1 Å². The van der Waals surface area contributed by atoms with Gasteiger partial charge in [-0.1, -0.05) is 30.3 Å². The molecule has 122 valence electrons. The minimum absolute atomic E-state index is 0.0234. The second kappa shape index (κ2) is 6.66. The van der Waals surface area contributed by atoms with Gasteiger partial charge in [0.05, 0.1) is 23.1 Å². The maximum atomic E-state index is 13.2. The van der Waals surface area contributed by atoms with Crippen LogP contribution in [0, 0.1) is 5.82 Å². The van der Waals surface area contributed by atoms with Gasteiger partial charge in [0.25, 0.3) is 5.91 Å². The molecule has 0 radical (unpaired) electrons. The molecule has 0 bridgehead atoms. The zero-order valence-electron chi connectivity index (χ0n) is 13.5. The van der Waals surface area contributed by atoms with Crippen molar-refractivity contribution in [3.63, 3.8) is 0 Å². The Hall–Kier alpha value is -2.95. The lowest BCUT2D eigenvalue weighted by atomic mass is 10.1. The van der Waals surface area contributed by atoms with E-state index in [1.807, 2.05) is 44.2 Å². The number of carbonyl (C=O) groups excluding carboxylic acids is 1. The van der Waals surface area contributed by atoms with Gasteiger partial charge >= 0.3 is 0 Å². The summed E-state index contributed by atoms with van der Waals surface area (Å²) in [6.45, 7) is 3.81. The predicted octanol–water partition coefficient (Wildman–Crippen LogP) is 3.82. The van der Waals surface area contributed by atoms with Crippen molar-refractivity contribution in [2.24, 2.45) is 0 Å². The molecule has 3 aromatic rings. The first kappa shape index (κ1) is 15.9. The average Bonchev–Trinajstić information content (AvgIpc) is 3.01. The average molecular weight is 323 g/mol. The van der Waals surface area contributed by atoms with Crippen LogP contribution in [0.1, 0.15) is 24.2 Å². The summed E-state index contributed by atoms with van der Waals surface area (Å²) in [4.78, 5) is 12.5. The quantitative estimate of drug-likeness (QED) is 0.793. The van der Waals surface area contributed by atoms with Gasteiger partial charge in [-0.3, -0.25) is 4.79 Å². The van der Waals surface area contributed by atoms with Crippen molar-refractivity contribution in [3.8, 4) is 16.9 Å². The number of aromatic nitrogens is 2. The highest BCUT2D eigenvalue weighted by molar-refractivity contribution is 6.00. The van der Waals surface area contributed by atoms with Crippen molar-refractivity contribution in [2.75, 3.05) is 0 Å². The lowest BCUT2D eigenvalue weighted by Gasteiger charge is -2.12. The fourth-order valence-electron chi connectivity index (χ4n) is 2.51. The molecule has 0 fully saturated rings. The van der Waals surface area contributed by atoms with Gasteiger partial charge in [0.1, 0.15) is 5.82 Å². The van der Waals surface area contributed by atoms with Crippen molar-refractivity contribution in [1.82, 2.24) is 15.1 Å². The van der Waals surface area contributed by atoms with E-state index in [2.05, 4.69) is 10.4 Å². The zero-order chi connectivity index (χ0) is 17.1. The number of hydrogen-bond donors (Lipinski definition) is 1. The number of rotatable bonds is 4. The molecular formula is C19H18FN3O. The normalized spacial score (nSPS) is 10.8. The first-order valence-corrected chi connectivity index (χ1v) is 7.76. The molecular weight excluding hydrogens is 305 g/mol. The Morgan fingerprint density at radius 3 is 2.38 bits per heavy atom. The number of halogens is 1. The van der Waals surface area contributed by atoms with Crippen LogP contribution in [0.25, 0.3) is 16.9 Å². The maximum Gasteiger partial charge on any atom is 0.255 e. The Morgan fingerprint density at radius 1 is 1.08 bits per heavy atom. The number of benzene rings is 2. The number of nitrogens with one attached hydrogen (secondary N) is 1. The van der Waals surface area contributed by atoms with E-state index in [1.165, 1.54) is 12.1 Å². The minimum Gasteiger partial charge on any atom is -0.350 e. The summed E-state index contributed by atoms with van der Waals surface area (Å²) in [5.41, 5.74) is 2.73. The summed E-state index contributed by atoms with van der Waals surface area (Å²) in [7, 11) is 0. The van der Waals surface area contributed by atoms with Gasteiger partial charge < -0.3 is 5.32 Å². The topological polar surface area (TPSA) is 46.9 Å². The van der Waals surface area contributed by atoms with E-state index >= 15 is 0 Å². The summed E-state index contributed by atoms with van der Waals surface area (Å²) in [5, 5.41) is 7.25. The highest BCUT2D eigenvalue weighted by Crippen LogP contribution is 2.26. The zero-order valence-corrected chi connectivity index (χ0v) is 13.5. The van der Waals surface area contributed by atoms with Crippen molar-refractivity contribution in [1.29, 1.82) is 0 Å². The molecule has 0 unspecified atom stereocenters. The molecule has 0 spiro atoms. The van der Waals surface area contributed by atoms with E-state index in [-0.39, 0.29) is 17.8 Å². The highest BCUT2D eigenvalue weighted by Gasteiger charge is 2.20. The minimum atomic E-state index is -0.315. The van der Waals surface area contributed by atoms with E-state index in [9.17, 15) is 9.18 Å². The molecule has 0 aliphatic carbocycles. The molecule has 1 N–H and O–H groups in total. The second-order valence-corrected chi connectivity index (χ2v) is 5.79. The first-order chi connectivity index (χ1) is 11.6. The van der Waals surface area contributed by atoms with Gasteiger partial charge in [0, 0.05) is 11.6 Å². The number of carbonyl (C=O) groups is 1. The summed E-state index contributed by atoms with van der Waals surface area (Å²) >= 11 is 0. The van der Waals surface area contributed by atoms with Crippen LogP contribution in [0.5, 0.6) is 0 Å². The summed E-state index contributed by atoms with van der Waals surface area (Å²) < 4.78 is 14.9. The monoisotopic (exact) mass is 323 g/mol. The molecule has 0 aliphatic heterocycles. The molecule has 5 heteroatoms. The summed E-state index contributed by atoms with van der Waals surface area (Å²) in [6.07, 6.45) is 1.55. The fourth-order valence-corrected chi connectivity index (χ4v) is 2.51. The Kier molecular flexibility index (Phi) is 4.42. The van der Waals surface area contributed by atoms with Crippen LogP contribution >= 0.6 is 0 Å². The lowest BCUT2D eigenvalue weighted by molar-refractivity contribution is 0.0944. The third-order valence-electron chi connectivity index (χ3n) is 3.55. The molecule has 0 aliphatic rings. The van der Waals surface area contributed by atoms with E-state index in [0.29, 0.717) is 16.9 Å². The van der Waals surface area contributed by atoms with Crippen LogP contribution in [0.3, 0.4) is 0 Å². The molecule has 24 heavy (non-hydrogen) atoms. The van der Waals surface area contributed by atoms with Gasteiger partial charge in [-0.15, -0.1) is 0 Å². The summed E-state index contributed by atoms with van der Waals surface area (Å²) in [5.74, 6) is -0.498. The smallest absolute Gasteiger partial charge is 0.255 e. The largest absolute Gasteiger partial charge is 0.350 e. The SMILES string of the molecule is CC(C)NC(=O)c1cnn(-c2ccc(F)cc2)c1-c1ccccc1. The Balaban J connectivity index is 2.15. The van der Waals surface area contributed by atoms with Crippen molar-refractivity contribution < 1.29 is 9.18 Å². The number of amides is 1. The third-order valence-corrected chi connectivity index (χ3v) is 3.55. The van der Waals surface area contributed by atoms with Gasteiger partial charge in [-0.2, -0.15) is 5.10 Å². The molecule has 1 heterocycles. The van der Waals surface area contributed by atoms with Gasteiger partial charge in [0.15, 0.2) is 0 Å². The molecule has 1 aromatic heterocycles. The number of hydrogen-bond acceptors (Lipinski definition) is 2. The van der Waals surface area contributed by atoms with Crippen LogP contribution < -0.4 is 5.32 Å². The second-order valence-electron chi connectivity index (χ2n) is 5.79. The standard InChI is InChI=1S/C19H18FN3O/c1-13(2)22-19(24)17-12-21-23(16-10-8-15(20)9-11-16)18(17)14-6-4-3-5-7-14/h3-13H,1-2H3,(H,22,24). The molecule has 1 amide bonds. The highest BCUT2D eigenvalue weighted by atomic mass is 19.1. The first-order valence-electron chi connectivity index (χ1n) is 7.76. The third kappa shape index (κ3) is 3.20.